The number of aliphatic hydroxyl groups is 2. The number of aliphatic hydroxyl groups excluding tert-OH is 2. The summed E-state index contributed by atoms with van der Waals surface area (Å²) in [6.07, 6.45) is -4.20. The van der Waals surface area contributed by atoms with Crippen LogP contribution in [0.2, 0.25) is 0 Å². The molecule has 0 amide bonds. The van der Waals surface area contributed by atoms with Gasteiger partial charge in [-0.05, 0) is 18.1 Å². The van der Waals surface area contributed by atoms with Gasteiger partial charge in [-0.15, -0.1) is 0 Å². The summed E-state index contributed by atoms with van der Waals surface area (Å²) in [5, 5.41) is 35.8. The molecule has 0 saturated carbocycles. The highest BCUT2D eigenvalue weighted by Gasteiger charge is 2.44. The van der Waals surface area contributed by atoms with E-state index in [1.54, 1.807) is 0 Å². The third-order valence-corrected chi connectivity index (χ3v) is 4.76. The van der Waals surface area contributed by atoms with E-state index in [-0.39, 0.29) is 12.4 Å². The molecular weight excluding hydrogens is 468 g/mol. The zero-order valence-electron chi connectivity index (χ0n) is 18.3. The molecule has 3 rings (SSSR count). The highest BCUT2D eigenvalue weighted by Crippen LogP contribution is 2.28. The molecule has 2 heterocycles. The second-order valence-corrected chi connectivity index (χ2v) is 7.48. The van der Waals surface area contributed by atoms with Crippen molar-refractivity contribution in [3.63, 3.8) is 0 Å². The molecule has 0 spiro atoms. The van der Waals surface area contributed by atoms with Gasteiger partial charge >= 0.3 is 23.6 Å². The van der Waals surface area contributed by atoms with Gasteiger partial charge in [-0.1, -0.05) is 30.3 Å². The van der Waals surface area contributed by atoms with Crippen LogP contribution in [0.1, 0.15) is 18.2 Å². The number of aliphatic carboxylic acids is 2. The van der Waals surface area contributed by atoms with Crippen molar-refractivity contribution in [2.45, 2.75) is 43.4 Å². The van der Waals surface area contributed by atoms with Gasteiger partial charge in [0.15, 0.2) is 6.23 Å². The van der Waals surface area contributed by atoms with Crippen LogP contribution in [-0.4, -0.2) is 78.8 Å². The van der Waals surface area contributed by atoms with Crippen molar-refractivity contribution in [1.82, 2.24) is 9.55 Å². The van der Waals surface area contributed by atoms with E-state index < -0.39 is 60.6 Å². The number of carboxylic acid groups (broad SMARTS) is 2. The van der Waals surface area contributed by atoms with Crippen molar-refractivity contribution in [2.75, 3.05) is 12.3 Å². The fourth-order valence-electron chi connectivity index (χ4n) is 3.07. The number of hydrogen-bond acceptors (Lipinski definition) is 11. The molecule has 190 valence electrons. The standard InChI is InChI=1S/C18H22N4O6.C3H4O4/c19-11(8-10-4-2-1-3-5-10)17(25)27-9-12-14(23)15(24)16(28-12)22-7-6-13(20)21-18(22)26;4-2(5)1-3(6)7/h1-7,11-12,14-16,23-24H,8-9,19H2,(H2,20,21,26);1H2,(H,4,5)(H,6,7)/t11-,12-,14-,15+,16-;/m1./s1. The number of esters is 1. The molecule has 1 fully saturated rings. The summed E-state index contributed by atoms with van der Waals surface area (Å²) < 4.78 is 11.6. The number of ether oxygens (including phenoxy) is 2. The Labute approximate surface area is 198 Å². The zero-order valence-corrected chi connectivity index (χ0v) is 18.3. The summed E-state index contributed by atoms with van der Waals surface area (Å²) in [5.41, 5.74) is 11.4. The summed E-state index contributed by atoms with van der Waals surface area (Å²) in [4.78, 5) is 46.4. The number of nitrogens with zero attached hydrogens (tertiary/aromatic N) is 2. The van der Waals surface area contributed by atoms with Crippen molar-refractivity contribution in [1.29, 1.82) is 0 Å². The maximum atomic E-state index is 12.1. The number of hydrogen-bond donors (Lipinski definition) is 6. The molecule has 5 atom stereocenters. The van der Waals surface area contributed by atoms with Crippen molar-refractivity contribution < 1.29 is 44.3 Å². The van der Waals surface area contributed by atoms with Crippen LogP contribution in [0.3, 0.4) is 0 Å². The molecule has 14 heteroatoms. The van der Waals surface area contributed by atoms with Gasteiger partial charge in [0.1, 0.15) is 43.2 Å². The first-order valence-electron chi connectivity index (χ1n) is 10.3. The Hall–Kier alpha value is -3.85. The fourth-order valence-corrected chi connectivity index (χ4v) is 3.07. The number of rotatable bonds is 8. The summed E-state index contributed by atoms with van der Waals surface area (Å²) in [5.74, 6) is -3.27. The topological polar surface area (TPSA) is 238 Å². The Morgan fingerprint density at radius 3 is 2.26 bits per heavy atom. The van der Waals surface area contributed by atoms with Crippen LogP contribution in [0.4, 0.5) is 5.82 Å². The van der Waals surface area contributed by atoms with Gasteiger partial charge in [-0.3, -0.25) is 19.0 Å². The molecule has 1 aliphatic heterocycles. The number of nitrogen functional groups attached to an aromatic ring is 1. The van der Waals surface area contributed by atoms with Crippen molar-refractivity contribution in [3.05, 3.63) is 58.6 Å². The molecule has 1 aliphatic rings. The lowest BCUT2D eigenvalue weighted by atomic mass is 10.1. The van der Waals surface area contributed by atoms with Crippen molar-refractivity contribution in [2.24, 2.45) is 5.73 Å². The number of carbonyl (C=O) groups excluding carboxylic acids is 1. The molecule has 0 radical (unpaired) electrons. The van der Waals surface area contributed by atoms with Crippen LogP contribution >= 0.6 is 0 Å². The quantitative estimate of drug-likeness (QED) is 0.174. The van der Waals surface area contributed by atoms with E-state index in [1.165, 1.54) is 12.3 Å². The predicted octanol–water partition coefficient (Wildman–Crippen LogP) is -1.90. The lowest BCUT2D eigenvalue weighted by Crippen LogP contribution is -2.39. The maximum Gasteiger partial charge on any atom is 0.351 e. The SMILES string of the molecule is Nc1ccn([C@@H]2O[C@H](COC(=O)[C@H](N)Cc3ccccc3)[C@@H](O)[C@@H]2O)c(=O)n1.O=C(O)CC(=O)O. The first-order chi connectivity index (χ1) is 16.5. The van der Waals surface area contributed by atoms with Gasteiger partial charge in [0.05, 0.1) is 0 Å². The summed E-state index contributed by atoms with van der Waals surface area (Å²) in [6.45, 7) is -0.326. The molecule has 1 saturated heterocycles. The molecule has 8 N–H and O–H groups in total. The summed E-state index contributed by atoms with van der Waals surface area (Å²) >= 11 is 0. The second-order valence-electron chi connectivity index (χ2n) is 7.48. The normalized spacial score (nSPS) is 21.9. The minimum Gasteiger partial charge on any atom is -0.481 e. The Kier molecular flexibility index (Phi) is 9.84. The fraction of sp³-hybridized carbons (Fsp3) is 0.381. The first-order valence-corrected chi connectivity index (χ1v) is 10.3. The van der Waals surface area contributed by atoms with E-state index in [2.05, 4.69) is 4.98 Å². The minimum atomic E-state index is -1.41. The third-order valence-electron chi connectivity index (χ3n) is 4.76. The van der Waals surface area contributed by atoms with E-state index in [9.17, 15) is 29.4 Å². The van der Waals surface area contributed by atoms with E-state index in [0.717, 1.165) is 10.1 Å². The van der Waals surface area contributed by atoms with Gasteiger partial charge < -0.3 is 41.4 Å². The number of carbonyl (C=O) groups is 3. The van der Waals surface area contributed by atoms with Crippen LogP contribution in [-0.2, 0) is 30.3 Å². The van der Waals surface area contributed by atoms with Gasteiger partial charge in [0.2, 0.25) is 0 Å². The third kappa shape index (κ3) is 8.15. The number of anilines is 1. The van der Waals surface area contributed by atoms with Crippen LogP contribution in [0.25, 0.3) is 0 Å². The highest BCUT2D eigenvalue weighted by molar-refractivity contribution is 5.88. The lowest BCUT2D eigenvalue weighted by Gasteiger charge is -2.17. The zero-order chi connectivity index (χ0) is 26.1. The molecule has 0 aliphatic carbocycles. The van der Waals surface area contributed by atoms with E-state index in [1.807, 2.05) is 30.3 Å². The van der Waals surface area contributed by atoms with E-state index >= 15 is 0 Å². The predicted molar refractivity (Wildman–Crippen MR) is 118 cm³/mol. The second kappa shape index (κ2) is 12.6. The lowest BCUT2D eigenvalue weighted by molar-refractivity contribution is -0.152. The molecule has 2 aromatic rings. The number of nitrogens with two attached hydrogens (primary N) is 2. The summed E-state index contributed by atoms with van der Waals surface area (Å²) in [6, 6.07) is 9.70. The average molecular weight is 494 g/mol. The molecule has 14 nitrogen and oxygen atoms in total. The van der Waals surface area contributed by atoms with E-state index in [4.69, 9.17) is 31.2 Å². The van der Waals surface area contributed by atoms with Crippen LogP contribution in [0, 0.1) is 0 Å². The largest absolute Gasteiger partial charge is 0.481 e. The molecule has 35 heavy (non-hydrogen) atoms. The van der Waals surface area contributed by atoms with Crippen molar-refractivity contribution in [3.8, 4) is 0 Å². The number of carboxylic acids is 2. The smallest absolute Gasteiger partial charge is 0.351 e. The van der Waals surface area contributed by atoms with E-state index in [0.29, 0.717) is 6.42 Å². The monoisotopic (exact) mass is 494 g/mol. The molecular formula is C21H26N4O10. The van der Waals surface area contributed by atoms with Crippen LogP contribution in [0.5, 0.6) is 0 Å². The summed E-state index contributed by atoms with van der Waals surface area (Å²) in [7, 11) is 0. The Morgan fingerprint density at radius 1 is 1.09 bits per heavy atom. The van der Waals surface area contributed by atoms with Crippen LogP contribution in [0.15, 0.2) is 47.4 Å². The van der Waals surface area contributed by atoms with Crippen molar-refractivity contribution >= 4 is 23.7 Å². The molecule has 1 aromatic carbocycles. The Morgan fingerprint density at radius 2 is 1.71 bits per heavy atom. The minimum absolute atomic E-state index is 0.0205. The number of aromatic nitrogens is 2. The van der Waals surface area contributed by atoms with Gasteiger partial charge in [0.25, 0.3) is 0 Å². The molecule has 0 bridgehead atoms. The molecule has 1 aromatic heterocycles. The Bertz CT molecular complexity index is 1070. The van der Waals surface area contributed by atoms with Gasteiger partial charge in [0, 0.05) is 6.20 Å². The highest BCUT2D eigenvalue weighted by atomic mass is 16.6. The molecule has 0 unspecified atom stereocenters. The maximum absolute atomic E-state index is 12.1. The van der Waals surface area contributed by atoms with Gasteiger partial charge in [-0.25, -0.2) is 4.79 Å². The first kappa shape index (κ1) is 27.4. The number of benzene rings is 1. The average Bonchev–Trinajstić information content (AvgIpc) is 3.06. The Balaban J connectivity index is 0.000000540. The van der Waals surface area contributed by atoms with Gasteiger partial charge in [-0.2, -0.15) is 4.98 Å². The van der Waals surface area contributed by atoms with Crippen LogP contribution < -0.4 is 17.2 Å².